The Morgan fingerprint density at radius 3 is 2.86 bits per heavy atom. The van der Waals surface area contributed by atoms with Crippen molar-refractivity contribution >= 4 is 0 Å². The molecule has 2 aliphatic rings. The van der Waals surface area contributed by atoms with Crippen LogP contribution in [0.2, 0.25) is 0 Å². The molecule has 0 aromatic heterocycles. The van der Waals surface area contributed by atoms with E-state index in [-0.39, 0.29) is 16.7 Å². The molecule has 4 atom stereocenters. The second kappa shape index (κ2) is 2.73. The van der Waals surface area contributed by atoms with Gasteiger partial charge in [-0.1, -0.05) is 32.1 Å². The Morgan fingerprint density at radius 2 is 2.36 bits per heavy atom. The Balaban J connectivity index is 2.42. The van der Waals surface area contributed by atoms with Gasteiger partial charge in [-0.25, -0.2) is 0 Å². The fourth-order valence-electron chi connectivity index (χ4n) is 3.33. The first-order chi connectivity index (χ1) is 6.58. The third kappa shape index (κ3) is 0.843. The fourth-order valence-corrected chi connectivity index (χ4v) is 3.33. The molecule has 1 saturated carbocycles. The van der Waals surface area contributed by atoms with E-state index in [1.54, 1.807) is 0 Å². The third-order valence-electron chi connectivity index (χ3n) is 4.66. The van der Waals surface area contributed by atoms with Gasteiger partial charge in [-0.15, -0.1) is 6.58 Å². The second-order valence-electron chi connectivity index (χ2n) is 5.08. The van der Waals surface area contributed by atoms with Crippen molar-refractivity contribution in [2.75, 3.05) is 0 Å². The SMILES string of the molecule is C=CCC1(C)[C@H]2C=C[C@]1(C)[C@H](C#N)C2. The Morgan fingerprint density at radius 1 is 1.64 bits per heavy atom. The molecule has 2 bridgehead atoms. The fraction of sp³-hybridized carbons (Fsp3) is 0.615. The molecular weight excluding hydrogens is 170 g/mol. The van der Waals surface area contributed by atoms with Crippen LogP contribution in [0.4, 0.5) is 0 Å². The Bertz CT molecular complexity index is 336. The Labute approximate surface area is 86.1 Å². The molecule has 0 amide bonds. The minimum atomic E-state index is 0.0700. The monoisotopic (exact) mass is 187 g/mol. The highest BCUT2D eigenvalue weighted by molar-refractivity contribution is 5.29. The van der Waals surface area contributed by atoms with E-state index in [9.17, 15) is 0 Å². The first-order valence-electron chi connectivity index (χ1n) is 5.28. The molecule has 0 spiro atoms. The van der Waals surface area contributed by atoms with E-state index in [2.05, 4.69) is 38.6 Å². The second-order valence-corrected chi connectivity index (χ2v) is 5.08. The van der Waals surface area contributed by atoms with Gasteiger partial charge in [-0.2, -0.15) is 5.26 Å². The lowest BCUT2D eigenvalue weighted by atomic mass is 9.64. The van der Waals surface area contributed by atoms with Gasteiger partial charge in [0, 0.05) is 5.41 Å². The van der Waals surface area contributed by atoms with E-state index in [0.29, 0.717) is 5.92 Å². The smallest absolute Gasteiger partial charge is 0.0665 e. The first-order valence-corrected chi connectivity index (χ1v) is 5.28. The lowest BCUT2D eigenvalue weighted by Crippen LogP contribution is -2.33. The van der Waals surface area contributed by atoms with Crippen molar-refractivity contribution in [2.45, 2.75) is 26.7 Å². The number of nitrogens with zero attached hydrogens (tertiary/aromatic N) is 1. The summed E-state index contributed by atoms with van der Waals surface area (Å²) in [6, 6.07) is 2.46. The van der Waals surface area contributed by atoms with E-state index in [4.69, 9.17) is 5.26 Å². The molecule has 0 aromatic carbocycles. The molecule has 0 saturated heterocycles. The van der Waals surface area contributed by atoms with E-state index in [1.807, 2.05) is 6.08 Å². The quantitative estimate of drug-likeness (QED) is 0.608. The minimum Gasteiger partial charge on any atom is -0.198 e. The average molecular weight is 187 g/mol. The zero-order valence-corrected chi connectivity index (χ0v) is 8.96. The standard InChI is InChI=1S/C13H17N/c1-4-6-12(2)10-5-7-13(12,3)11(8-10)9-14/h4-5,7,10-11H,1,6,8H2,2-3H3/t10-,11-,12?,13+/m0/s1. The van der Waals surface area contributed by atoms with Gasteiger partial charge in [0.05, 0.1) is 12.0 Å². The predicted octanol–water partition coefficient (Wildman–Crippen LogP) is 3.30. The summed E-state index contributed by atoms with van der Waals surface area (Å²) in [4.78, 5) is 0. The van der Waals surface area contributed by atoms with Crippen LogP contribution in [0.3, 0.4) is 0 Å². The van der Waals surface area contributed by atoms with Crippen LogP contribution in [0.25, 0.3) is 0 Å². The lowest BCUT2D eigenvalue weighted by Gasteiger charge is -2.38. The maximum absolute atomic E-state index is 9.14. The summed E-state index contributed by atoms with van der Waals surface area (Å²) in [5.74, 6) is 0.776. The van der Waals surface area contributed by atoms with Crippen molar-refractivity contribution in [2.24, 2.45) is 22.7 Å². The largest absolute Gasteiger partial charge is 0.198 e. The topological polar surface area (TPSA) is 23.8 Å². The van der Waals surface area contributed by atoms with Crippen LogP contribution in [0.1, 0.15) is 26.7 Å². The van der Waals surface area contributed by atoms with Gasteiger partial charge in [-0.3, -0.25) is 0 Å². The zero-order chi connectivity index (χ0) is 10.4. The molecule has 1 heteroatoms. The number of hydrogen-bond donors (Lipinski definition) is 0. The molecule has 74 valence electrons. The number of hydrogen-bond acceptors (Lipinski definition) is 1. The molecule has 1 nitrogen and oxygen atoms in total. The molecule has 0 aromatic rings. The molecule has 0 N–H and O–H groups in total. The molecule has 1 fully saturated rings. The van der Waals surface area contributed by atoms with Crippen molar-refractivity contribution in [1.29, 1.82) is 5.26 Å². The van der Waals surface area contributed by atoms with Gasteiger partial charge in [0.15, 0.2) is 0 Å². The van der Waals surface area contributed by atoms with Crippen molar-refractivity contribution in [3.63, 3.8) is 0 Å². The van der Waals surface area contributed by atoms with E-state index in [1.165, 1.54) is 0 Å². The van der Waals surface area contributed by atoms with Crippen LogP contribution in [-0.2, 0) is 0 Å². The van der Waals surface area contributed by atoms with Crippen molar-refractivity contribution < 1.29 is 0 Å². The highest BCUT2D eigenvalue weighted by Gasteiger charge is 2.60. The van der Waals surface area contributed by atoms with E-state index in [0.717, 1.165) is 12.8 Å². The molecule has 0 aliphatic heterocycles. The summed E-state index contributed by atoms with van der Waals surface area (Å²) in [6.45, 7) is 8.37. The van der Waals surface area contributed by atoms with Crippen LogP contribution in [0, 0.1) is 34.0 Å². The normalized spacial score (nSPS) is 49.2. The number of rotatable bonds is 2. The van der Waals surface area contributed by atoms with Crippen molar-refractivity contribution in [3.05, 3.63) is 24.8 Å². The minimum absolute atomic E-state index is 0.0700. The summed E-state index contributed by atoms with van der Waals surface area (Å²) in [5.41, 5.74) is 0.301. The van der Waals surface area contributed by atoms with E-state index < -0.39 is 0 Å². The van der Waals surface area contributed by atoms with Crippen LogP contribution < -0.4 is 0 Å². The van der Waals surface area contributed by atoms with Gasteiger partial charge in [-0.05, 0) is 24.2 Å². The number of fused-ring (bicyclic) bond motifs is 2. The summed E-state index contributed by atoms with van der Waals surface area (Å²) < 4.78 is 0. The molecule has 0 radical (unpaired) electrons. The predicted molar refractivity (Wildman–Crippen MR) is 57.4 cm³/mol. The van der Waals surface area contributed by atoms with Crippen LogP contribution in [-0.4, -0.2) is 0 Å². The lowest BCUT2D eigenvalue weighted by molar-refractivity contribution is 0.140. The Kier molecular flexibility index (Phi) is 1.86. The van der Waals surface area contributed by atoms with Gasteiger partial charge < -0.3 is 0 Å². The summed E-state index contributed by atoms with van der Waals surface area (Å²) in [6.07, 6.45) is 8.61. The number of allylic oxidation sites excluding steroid dienone is 3. The third-order valence-corrected chi connectivity index (χ3v) is 4.66. The maximum Gasteiger partial charge on any atom is 0.0665 e. The van der Waals surface area contributed by atoms with E-state index >= 15 is 0 Å². The van der Waals surface area contributed by atoms with Crippen molar-refractivity contribution in [1.82, 2.24) is 0 Å². The summed E-state index contributed by atoms with van der Waals surface area (Å²) >= 11 is 0. The molecule has 14 heavy (non-hydrogen) atoms. The van der Waals surface area contributed by atoms with Crippen LogP contribution in [0.15, 0.2) is 24.8 Å². The van der Waals surface area contributed by atoms with Gasteiger partial charge in [0.2, 0.25) is 0 Å². The van der Waals surface area contributed by atoms with Crippen LogP contribution in [0.5, 0.6) is 0 Å². The van der Waals surface area contributed by atoms with Gasteiger partial charge in [0.1, 0.15) is 0 Å². The summed E-state index contributed by atoms with van der Waals surface area (Å²) in [5, 5.41) is 9.14. The number of nitriles is 1. The Hall–Kier alpha value is -1.03. The van der Waals surface area contributed by atoms with Gasteiger partial charge >= 0.3 is 0 Å². The molecular formula is C13H17N. The highest BCUT2D eigenvalue weighted by Crippen LogP contribution is 2.66. The molecule has 0 heterocycles. The average Bonchev–Trinajstić information content (AvgIpc) is 2.51. The highest BCUT2D eigenvalue weighted by atomic mass is 14.6. The molecule has 2 aliphatic carbocycles. The maximum atomic E-state index is 9.14. The van der Waals surface area contributed by atoms with Crippen molar-refractivity contribution in [3.8, 4) is 6.07 Å². The molecule has 2 rings (SSSR count). The van der Waals surface area contributed by atoms with Crippen LogP contribution >= 0.6 is 0 Å². The zero-order valence-electron chi connectivity index (χ0n) is 8.96. The van der Waals surface area contributed by atoms with Gasteiger partial charge in [0.25, 0.3) is 0 Å². The summed E-state index contributed by atoms with van der Waals surface area (Å²) in [7, 11) is 0. The molecule has 1 unspecified atom stereocenters. The first kappa shape index (κ1) is 9.52.